The van der Waals surface area contributed by atoms with Gasteiger partial charge in [-0.25, -0.2) is 4.39 Å². The molecule has 1 aliphatic rings. The van der Waals surface area contributed by atoms with E-state index in [0.717, 1.165) is 0 Å². The van der Waals surface area contributed by atoms with Gasteiger partial charge in [0.15, 0.2) is 0 Å². The molecule has 0 saturated carbocycles. The van der Waals surface area contributed by atoms with Gasteiger partial charge in [0.2, 0.25) is 11.8 Å². The van der Waals surface area contributed by atoms with Gasteiger partial charge in [-0.15, -0.1) is 0 Å². The smallest absolute Gasteiger partial charge is 0.229 e. The van der Waals surface area contributed by atoms with Gasteiger partial charge in [0.05, 0.1) is 5.92 Å². The highest BCUT2D eigenvalue weighted by atomic mass is 19.1. The number of nitrogens with one attached hydrogen (secondary N) is 2. The van der Waals surface area contributed by atoms with Crippen molar-refractivity contribution in [3.05, 3.63) is 29.6 Å². The topological polar surface area (TPSA) is 58.2 Å². The molecule has 0 aromatic heterocycles. The first-order chi connectivity index (χ1) is 8.06. The fourth-order valence-electron chi connectivity index (χ4n) is 1.76. The lowest BCUT2D eigenvalue weighted by atomic mass is 10.1. The first kappa shape index (κ1) is 11.6. The number of anilines is 1. The van der Waals surface area contributed by atoms with Crippen molar-refractivity contribution in [2.45, 2.75) is 13.3 Å². The third-order valence-corrected chi connectivity index (χ3v) is 2.77. The van der Waals surface area contributed by atoms with Crippen molar-refractivity contribution in [2.75, 3.05) is 11.9 Å². The molecule has 1 atom stereocenters. The number of benzene rings is 1. The summed E-state index contributed by atoms with van der Waals surface area (Å²) in [5.41, 5.74) is 1.02. The molecule has 1 aromatic rings. The Morgan fingerprint density at radius 3 is 2.88 bits per heavy atom. The number of carbonyl (C=O) groups excluding carboxylic acids is 2. The Kier molecular flexibility index (Phi) is 3.08. The predicted octanol–water partition coefficient (Wildman–Crippen LogP) is 1.21. The number of hydrogen-bond donors (Lipinski definition) is 2. The molecule has 2 rings (SSSR count). The normalized spacial score (nSPS) is 18.9. The fourth-order valence-corrected chi connectivity index (χ4v) is 1.76. The molecule has 17 heavy (non-hydrogen) atoms. The summed E-state index contributed by atoms with van der Waals surface area (Å²) in [4.78, 5) is 22.7. The Morgan fingerprint density at radius 2 is 2.29 bits per heavy atom. The van der Waals surface area contributed by atoms with Crippen LogP contribution in [0.3, 0.4) is 0 Å². The van der Waals surface area contributed by atoms with Crippen LogP contribution in [0.4, 0.5) is 10.1 Å². The Hall–Kier alpha value is -1.91. The molecule has 1 aliphatic heterocycles. The lowest BCUT2D eigenvalue weighted by molar-refractivity contribution is -0.123. The number of aryl methyl sites for hydroxylation is 1. The lowest BCUT2D eigenvalue weighted by Crippen LogP contribution is -2.24. The first-order valence-electron chi connectivity index (χ1n) is 5.40. The Bertz CT molecular complexity index is 474. The quantitative estimate of drug-likeness (QED) is 0.810. The molecule has 1 heterocycles. The second-order valence-electron chi connectivity index (χ2n) is 4.16. The summed E-state index contributed by atoms with van der Waals surface area (Å²) in [7, 11) is 0. The highest BCUT2D eigenvalue weighted by molar-refractivity contribution is 5.97. The number of amides is 2. The van der Waals surface area contributed by atoms with Crippen LogP contribution in [0.25, 0.3) is 0 Å². The molecule has 0 radical (unpaired) electrons. The van der Waals surface area contributed by atoms with Crippen molar-refractivity contribution in [1.82, 2.24) is 5.32 Å². The summed E-state index contributed by atoms with van der Waals surface area (Å²) in [5.74, 6) is -0.969. The van der Waals surface area contributed by atoms with E-state index in [4.69, 9.17) is 0 Å². The summed E-state index contributed by atoms with van der Waals surface area (Å²) in [6.45, 7) is 2.00. The van der Waals surface area contributed by atoms with Crippen LogP contribution in [0.2, 0.25) is 0 Å². The van der Waals surface area contributed by atoms with Gasteiger partial charge in [-0.1, -0.05) is 0 Å². The van der Waals surface area contributed by atoms with Crippen LogP contribution in [-0.4, -0.2) is 18.4 Å². The molecule has 1 saturated heterocycles. The second kappa shape index (κ2) is 4.53. The summed E-state index contributed by atoms with van der Waals surface area (Å²) in [6, 6.07) is 4.38. The largest absolute Gasteiger partial charge is 0.355 e. The van der Waals surface area contributed by atoms with Crippen LogP contribution in [-0.2, 0) is 9.59 Å². The van der Waals surface area contributed by atoms with E-state index in [1.807, 2.05) is 0 Å². The van der Waals surface area contributed by atoms with Gasteiger partial charge in [-0.3, -0.25) is 9.59 Å². The van der Waals surface area contributed by atoms with E-state index in [9.17, 15) is 14.0 Å². The van der Waals surface area contributed by atoms with Gasteiger partial charge in [-0.05, 0) is 30.7 Å². The second-order valence-corrected chi connectivity index (χ2v) is 4.16. The fraction of sp³-hybridized carbons (Fsp3) is 0.333. The van der Waals surface area contributed by atoms with Crippen LogP contribution < -0.4 is 10.6 Å². The van der Waals surface area contributed by atoms with Gasteiger partial charge in [0.1, 0.15) is 5.82 Å². The van der Waals surface area contributed by atoms with E-state index in [1.54, 1.807) is 13.0 Å². The van der Waals surface area contributed by atoms with Gasteiger partial charge in [-0.2, -0.15) is 0 Å². The van der Waals surface area contributed by atoms with Crippen LogP contribution in [0.5, 0.6) is 0 Å². The van der Waals surface area contributed by atoms with Gasteiger partial charge >= 0.3 is 0 Å². The van der Waals surface area contributed by atoms with Gasteiger partial charge in [0.25, 0.3) is 0 Å². The predicted molar refractivity (Wildman–Crippen MR) is 60.9 cm³/mol. The maximum Gasteiger partial charge on any atom is 0.229 e. The lowest BCUT2D eigenvalue weighted by Gasteiger charge is -2.09. The molecule has 0 aliphatic carbocycles. The molecule has 4 nitrogen and oxygen atoms in total. The average molecular weight is 236 g/mol. The zero-order chi connectivity index (χ0) is 12.4. The van der Waals surface area contributed by atoms with E-state index < -0.39 is 0 Å². The van der Waals surface area contributed by atoms with E-state index >= 15 is 0 Å². The SMILES string of the molecule is Cc1cc(NC(=O)C2CNC(=O)C2)ccc1F. The summed E-state index contributed by atoms with van der Waals surface area (Å²) < 4.78 is 13.0. The van der Waals surface area contributed by atoms with Crippen molar-refractivity contribution in [3.8, 4) is 0 Å². The van der Waals surface area contributed by atoms with Crippen LogP contribution in [0, 0.1) is 18.7 Å². The van der Waals surface area contributed by atoms with Crippen molar-refractivity contribution >= 4 is 17.5 Å². The molecule has 2 N–H and O–H groups in total. The molecule has 90 valence electrons. The van der Waals surface area contributed by atoms with E-state index in [2.05, 4.69) is 10.6 Å². The number of rotatable bonds is 2. The molecule has 0 bridgehead atoms. The highest BCUT2D eigenvalue weighted by Crippen LogP contribution is 2.16. The minimum atomic E-state index is -0.340. The molecule has 1 unspecified atom stereocenters. The summed E-state index contributed by atoms with van der Waals surface area (Å²) in [5, 5.41) is 5.27. The molecular formula is C12H13FN2O2. The standard InChI is InChI=1S/C12H13FN2O2/c1-7-4-9(2-3-10(7)13)15-12(17)8-5-11(16)14-6-8/h2-4,8H,5-6H2,1H3,(H,14,16)(H,15,17). The zero-order valence-electron chi connectivity index (χ0n) is 9.42. The molecular weight excluding hydrogens is 223 g/mol. The average Bonchev–Trinajstić information content (AvgIpc) is 2.70. The van der Waals surface area contributed by atoms with Gasteiger partial charge < -0.3 is 10.6 Å². The van der Waals surface area contributed by atoms with E-state index in [-0.39, 0.29) is 30.0 Å². The molecule has 0 spiro atoms. The molecule has 1 aromatic carbocycles. The third kappa shape index (κ3) is 2.61. The minimum absolute atomic E-state index is 0.111. The van der Waals surface area contributed by atoms with Crippen LogP contribution in [0.1, 0.15) is 12.0 Å². The number of carbonyl (C=O) groups is 2. The minimum Gasteiger partial charge on any atom is -0.355 e. The Balaban J connectivity index is 2.03. The summed E-state index contributed by atoms with van der Waals surface area (Å²) >= 11 is 0. The molecule has 5 heteroatoms. The van der Waals surface area contributed by atoms with Crippen molar-refractivity contribution in [3.63, 3.8) is 0 Å². The van der Waals surface area contributed by atoms with Crippen LogP contribution in [0.15, 0.2) is 18.2 Å². The number of hydrogen-bond acceptors (Lipinski definition) is 2. The monoisotopic (exact) mass is 236 g/mol. The highest BCUT2D eigenvalue weighted by Gasteiger charge is 2.27. The van der Waals surface area contributed by atoms with Crippen LogP contribution >= 0.6 is 0 Å². The Labute approximate surface area is 98.2 Å². The van der Waals surface area contributed by atoms with Crippen molar-refractivity contribution in [1.29, 1.82) is 0 Å². The third-order valence-electron chi connectivity index (χ3n) is 2.77. The Morgan fingerprint density at radius 1 is 1.53 bits per heavy atom. The maximum absolute atomic E-state index is 13.0. The first-order valence-corrected chi connectivity index (χ1v) is 5.40. The molecule has 2 amide bonds. The maximum atomic E-state index is 13.0. The summed E-state index contributed by atoms with van der Waals surface area (Å²) in [6.07, 6.45) is 0.214. The van der Waals surface area contributed by atoms with E-state index in [1.165, 1.54) is 12.1 Å². The van der Waals surface area contributed by atoms with Crippen molar-refractivity contribution in [2.24, 2.45) is 5.92 Å². The van der Waals surface area contributed by atoms with Crippen molar-refractivity contribution < 1.29 is 14.0 Å². The van der Waals surface area contributed by atoms with E-state index in [0.29, 0.717) is 17.8 Å². The number of halogens is 1. The molecule has 1 fully saturated rings. The zero-order valence-corrected chi connectivity index (χ0v) is 9.42. The van der Waals surface area contributed by atoms with Gasteiger partial charge in [0, 0.05) is 18.7 Å².